The van der Waals surface area contributed by atoms with Gasteiger partial charge in [0.1, 0.15) is 0 Å². The normalized spacial score (nSPS) is 11.1. The van der Waals surface area contributed by atoms with Crippen LogP contribution < -0.4 is 0 Å². The summed E-state index contributed by atoms with van der Waals surface area (Å²) in [5.74, 6) is 0. The molecule has 0 unspecified atom stereocenters. The van der Waals surface area contributed by atoms with Crippen molar-refractivity contribution < 1.29 is 5.11 Å². The van der Waals surface area contributed by atoms with E-state index in [-0.39, 0.29) is 6.61 Å². The smallest absolute Gasteiger partial charge is 0.0722 e. The van der Waals surface area contributed by atoms with Gasteiger partial charge in [0.25, 0.3) is 0 Å². The molecule has 0 saturated heterocycles. The molecular weight excluding hydrogens is 200 g/mol. The third-order valence-corrected chi connectivity index (χ3v) is 2.32. The van der Waals surface area contributed by atoms with Crippen molar-refractivity contribution in [1.29, 1.82) is 0 Å². The van der Waals surface area contributed by atoms with E-state index in [1.807, 2.05) is 42.5 Å². The number of hydrogen-bond donors (Lipinski definition) is 2. The van der Waals surface area contributed by atoms with Gasteiger partial charge in [-0.25, -0.2) is 0 Å². The maximum Gasteiger partial charge on any atom is 0.0722 e. The molecule has 1 aromatic heterocycles. The fraction of sp³-hybridized carbons (Fsp3) is 0.154. The molecule has 16 heavy (non-hydrogen) atoms. The van der Waals surface area contributed by atoms with Crippen LogP contribution in [0, 0.1) is 0 Å². The molecule has 82 valence electrons. The summed E-state index contributed by atoms with van der Waals surface area (Å²) in [6.07, 6.45) is 6.37. The summed E-state index contributed by atoms with van der Waals surface area (Å²) in [5, 5.41) is 15.7. The third-order valence-electron chi connectivity index (χ3n) is 2.32. The minimum Gasteiger partial charge on any atom is -0.396 e. The summed E-state index contributed by atoms with van der Waals surface area (Å²) in [6.45, 7) is 0.176. The van der Waals surface area contributed by atoms with Gasteiger partial charge in [-0.2, -0.15) is 5.10 Å². The van der Waals surface area contributed by atoms with Crippen molar-refractivity contribution in [1.82, 2.24) is 10.2 Å². The predicted octanol–water partition coefficient (Wildman–Crippen LogP) is 2.47. The lowest BCUT2D eigenvalue weighted by Gasteiger charge is -1.98. The monoisotopic (exact) mass is 214 g/mol. The van der Waals surface area contributed by atoms with Crippen LogP contribution in [0.3, 0.4) is 0 Å². The van der Waals surface area contributed by atoms with E-state index in [0.29, 0.717) is 6.42 Å². The Morgan fingerprint density at radius 2 is 2.06 bits per heavy atom. The van der Waals surface area contributed by atoms with E-state index in [0.717, 1.165) is 16.8 Å². The zero-order valence-electron chi connectivity index (χ0n) is 8.93. The molecule has 0 aliphatic heterocycles. The van der Waals surface area contributed by atoms with Crippen LogP contribution in [0.1, 0.15) is 12.0 Å². The molecule has 1 aromatic carbocycles. The highest BCUT2D eigenvalue weighted by atomic mass is 16.2. The van der Waals surface area contributed by atoms with Crippen LogP contribution in [0.15, 0.2) is 42.6 Å². The van der Waals surface area contributed by atoms with Gasteiger partial charge in [-0.05, 0) is 6.42 Å². The lowest BCUT2D eigenvalue weighted by Crippen LogP contribution is -1.80. The van der Waals surface area contributed by atoms with E-state index in [4.69, 9.17) is 5.11 Å². The number of benzene rings is 1. The lowest BCUT2D eigenvalue weighted by atomic mass is 10.1. The van der Waals surface area contributed by atoms with Gasteiger partial charge >= 0.3 is 0 Å². The summed E-state index contributed by atoms with van der Waals surface area (Å²) in [4.78, 5) is 0. The number of aliphatic hydroxyl groups is 1. The van der Waals surface area contributed by atoms with Gasteiger partial charge in [0.05, 0.1) is 11.9 Å². The van der Waals surface area contributed by atoms with Crippen molar-refractivity contribution in [3.8, 4) is 11.3 Å². The van der Waals surface area contributed by atoms with Crippen LogP contribution >= 0.6 is 0 Å². The minimum absolute atomic E-state index is 0.176. The Hall–Kier alpha value is -1.87. The Balaban J connectivity index is 2.26. The highest BCUT2D eigenvalue weighted by Gasteiger charge is 2.03. The second-order valence-corrected chi connectivity index (χ2v) is 3.48. The zero-order valence-corrected chi connectivity index (χ0v) is 8.93. The third kappa shape index (κ3) is 2.38. The number of nitrogens with one attached hydrogen (secondary N) is 1. The molecule has 3 nitrogen and oxygen atoms in total. The summed E-state index contributed by atoms with van der Waals surface area (Å²) in [6, 6.07) is 10.1. The number of nitrogens with zero attached hydrogens (tertiary/aromatic N) is 1. The van der Waals surface area contributed by atoms with Crippen LogP contribution in [-0.2, 0) is 0 Å². The van der Waals surface area contributed by atoms with Crippen molar-refractivity contribution in [2.75, 3.05) is 6.61 Å². The fourth-order valence-electron chi connectivity index (χ4n) is 1.54. The molecule has 2 rings (SSSR count). The van der Waals surface area contributed by atoms with Crippen molar-refractivity contribution >= 4 is 6.08 Å². The first-order chi connectivity index (χ1) is 7.92. The Bertz CT molecular complexity index is 460. The van der Waals surface area contributed by atoms with Crippen LogP contribution in [0.5, 0.6) is 0 Å². The number of aliphatic hydroxyl groups excluding tert-OH is 1. The topological polar surface area (TPSA) is 48.9 Å². The van der Waals surface area contributed by atoms with Gasteiger partial charge in [0.2, 0.25) is 0 Å². The quantitative estimate of drug-likeness (QED) is 0.821. The molecule has 3 heteroatoms. The highest BCUT2D eigenvalue weighted by Crippen LogP contribution is 2.21. The Kier molecular flexibility index (Phi) is 3.51. The SMILES string of the molecule is OCCC=Cc1cn[nH]c1-c1ccccc1. The van der Waals surface area contributed by atoms with Crippen LogP contribution in [0.25, 0.3) is 17.3 Å². The van der Waals surface area contributed by atoms with Crippen molar-refractivity contribution in [3.63, 3.8) is 0 Å². The van der Waals surface area contributed by atoms with Gasteiger partial charge in [0, 0.05) is 17.7 Å². The largest absolute Gasteiger partial charge is 0.396 e. The average molecular weight is 214 g/mol. The van der Waals surface area contributed by atoms with Gasteiger partial charge in [-0.15, -0.1) is 0 Å². The van der Waals surface area contributed by atoms with Gasteiger partial charge in [-0.3, -0.25) is 5.10 Å². The second-order valence-electron chi connectivity index (χ2n) is 3.48. The molecule has 0 amide bonds. The number of aromatic amines is 1. The van der Waals surface area contributed by atoms with E-state index >= 15 is 0 Å². The zero-order chi connectivity index (χ0) is 11.2. The molecule has 0 saturated carbocycles. The summed E-state index contributed by atoms with van der Waals surface area (Å²) < 4.78 is 0. The summed E-state index contributed by atoms with van der Waals surface area (Å²) in [7, 11) is 0. The van der Waals surface area contributed by atoms with Crippen molar-refractivity contribution in [2.45, 2.75) is 6.42 Å². The van der Waals surface area contributed by atoms with E-state index in [1.165, 1.54) is 0 Å². The average Bonchev–Trinajstić information content (AvgIpc) is 2.79. The lowest BCUT2D eigenvalue weighted by molar-refractivity contribution is 0.303. The van der Waals surface area contributed by atoms with Crippen LogP contribution in [0.4, 0.5) is 0 Å². The molecule has 1 heterocycles. The summed E-state index contributed by atoms with van der Waals surface area (Å²) >= 11 is 0. The van der Waals surface area contributed by atoms with E-state index in [1.54, 1.807) is 6.20 Å². The first kappa shape index (κ1) is 10.6. The van der Waals surface area contributed by atoms with Gasteiger partial charge in [-0.1, -0.05) is 42.5 Å². The standard InChI is InChI=1S/C13H14N2O/c16-9-5-4-8-12-10-14-15-13(12)11-6-2-1-3-7-11/h1-4,6-8,10,16H,5,9H2,(H,14,15). The van der Waals surface area contributed by atoms with Gasteiger partial charge < -0.3 is 5.11 Å². The minimum atomic E-state index is 0.176. The molecule has 0 aliphatic carbocycles. The molecule has 2 N–H and O–H groups in total. The molecule has 0 radical (unpaired) electrons. The second kappa shape index (κ2) is 5.28. The Morgan fingerprint density at radius 1 is 1.25 bits per heavy atom. The molecule has 0 aliphatic rings. The molecule has 0 spiro atoms. The number of aromatic nitrogens is 2. The maximum atomic E-state index is 8.71. The van der Waals surface area contributed by atoms with E-state index < -0.39 is 0 Å². The molecular formula is C13H14N2O. The number of rotatable bonds is 4. The first-order valence-corrected chi connectivity index (χ1v) is 5.28. The van der Waals surface area contributed by atoms with Crippen molar-refractivity contribution in [3.05, 3.63) is 48.2 Å². The molecule has 0 atom stereocenters. The molecule has 0 fully saturated rings. The fourth-order valence-corrected chi connectivity index (χ4v) is 1.54. The first-order valence-electron chi connectivity index (χ1n) is 5.28. The number of hydrogen-bond acceptors (Lipinski definition) is 2. The highest BCUT2D eigenvalue weighted by molar-refractivity contribution is 5.71. The molecule has 2 aromatic rings. The van der Waals surface area contributed by atoms with E-state index in [2.05, 4.69) is 10.2 Å². The number of H-pyrrole nitrogens is 1. The summed E-state index contributed by atoms with van der Waals surface area (Å²) in [5.41, 5.74) is 3.16. The van der Waals surface area contributed by atoms with Crippen LogP contribution in [-0.4, -0.2) is 21.9 Å². The Morgan fingerprint density at radius 3 is 2.81 bits per heavy atom. The van der Waals surface area contributed by atoms with E-state index in [9.17, 15) is 0 Å². The van der Waals surface area contributed by atoms with Gasteiger partial charge in [0.15, 0.2) is 0 Å². The maximum absolute atomic E-state index is 8.71. The van der Waals surface area contributed by atoms with Crippen LogP contribution in [0.2, 0.25) is 0 Å². The predicted molar refractivity (Wildman–Crippen MR) is 64.8 cm³/mol. The Labute approximate surface area is 94.5 Å². The van der Waals surface area contributed by atoms with Crippen molar-refractivity contribution in [2.24, 2.45) is 0 Å². The molecule has 0 bridgehead atoms.